The van der Waals surface area contributed by atoms with Crippen molar-refractivity contribution in [1.29, 1.82) is 0 Å². The summed E-state index contributed by atoms with van der Waals surface area (Å²) < 4.78 is 0. The monoisotopic (exact) mass is 202 g/mol. The summed E-state index contributed by atoms with van der Waals surface area (Å²) in [7, 11) is 4.20. The van der Waals surface area contributed by atoms with Crippen molar-refractivity contribution in [3.8, 4) is 0 Å². The first-order valence-corrected chi connectivity index (χ1v) is 5.48. The Labute approximate surface area is 88.2 Å². The van der Waals surface area contributed by atoms with Crippen LogP contribution in [0.4, 0.5) is 0 Å². The zero-order chi connectivity index (χ0) is 10.8. The molecule has 86 valence electrons. The minimum absolute atomic E-state index is 0.779. The average molecular weight is 202 g/mol. The number of likely N-dealkylation sites (N-methyl/N-ethyl adjacent to an activating group) is 1. The predicted molar refractivity (Wildman–Crippen MR) is 62.3 cm³/mol. The fraction of sp³-hybridized carbons (Fsp3) is 1.00. The zero-order valence-corrected chi connectivity index (χ0v) is 9.71. The van der Waals surface area contributed by atoms with Gasteiger partial charge in [-0.15, -0.1) is 0 Å². The fourth-order valence-electron chi connectivity index (χ4n) is 1.31. The number of nitrogens with two attached hydrogens (primary N) is 2. The smallest absolute Gasteiger partial charge is 0.0109 e. The summed E-state index contributed by atoms with van der Waals surface area (Å²) >= 11 is 0. The molecular weight excluding hydrogens is 176 g/mol. The molecule has 4 heteroatoms. The number of hydrogen-bond donors (Lipinski definition) is 2. The van der Waals surface area contributed by atoms with Crippen LogP contribution in [0.5, 0.6) is 0 Å². The lowest BCUT2D eigenvalue weighted by Crippen LogP contribution is -2.34. The summed E-state index contributed by atoms with van der Waals surface area (Å²) in [5.74, 6) is 0. The molecule has 0 heterocycles. The largest absolute Gasteiger partial charge is 0.330 e. The first kappa shape index (κ1) is 13.8. The molecule has 0 fully saturated rings. The highest BCUT2D eigenvalue weighted by Gasteiger charge is 2.03. The maximum atomic E-state index is 5.50. The summed E-state index contributed by atoms with van der Waals surface area (Å²) in [6.45, 7) is 5.99. The summed E-state index contributed by atoms with van der Waals surface area (Å²) in [5, 5.41) is 0. The van der Waals surface area contributed by atoms with Gasteiger partial charge in [-0.2, -0.15) is 0 Å². The molecule has 0 atom stereocenters. The van der Waals surface area contributed by atoms with Gasteiger partial charge in [0, 0.05) is 13.1 Å². The van der Waals surface area contributed by atoms with Gasteiger partial charge in [-0.1, -0.05) is 0 Å². The van der Waals surface area contributed by atoms with E-state index in [0.717, 1.165) is 52.1 Å². The van der Waals surface area contributed by atoms with E-state index in [1.807, 2.05) is 0 Å². The van der Waals surface area contributed by atoms with E-state index >= 15 is 0 Å². The molecular formula is C10H26N4. The summed E-state index contributed by atoms with van der Waals surface area (Å²) in [6.07, 6.45) is 2.16. The van der Waals surface area contributed by atoms with Crippen molar-refractivity contribution >= 4 is 0 Å². The van der Waals surface area contributed by atoms with Crippen LogP contribution in [-0.4, -0.2) is 63.2 Å². The Kier molecular flexibility index (Phi) is 9.29. The molecule has 4 N–H and O–H groups in total. The minimum Gasteiger partial charge on any atom is -0.330 e. The molecule has 0 bridgehead atoms. The van der Waals surface area contributed by atoms with Crippen LogP contribution in [0.15, 0.2) is 0 Å². The van der Waals surface area contributed by atoms with E-state index in [1.54, 1.807) is 0 Å². The molecule has 0 spiro atoms. The molecule has 0 aliphatic rings. The molecule has 14 heavy (non-hydrogen) atoms. The van der Waals surface area contributed by atoms with Gasteiger partial charge in [0.1, 0.15) is 0 Å². The van der Waals surface area contributed by atoms with Gasteiger partial charge in [0.25, 0.3) is 0 Å². The van der Waals surface area contributed by atoms with E-state index in [9.17, 15) is 0 Å². The van der Waals surface area contributed by atoms with Crippen molar-refractivity contribution in [2.24, 2.45) is 11.5 Å². The van der Waals surface area contributed by atoms with Gasteiger partial charge in [0.2, 0.25) is 0 Å². The van der Waals surface area contributed by atoms with E-state index < -0.39 is 0 Å². The molecule has 0 aromatic rings. The van der Waals surface area contributed by atoms with E-state index in [0.29, 0.717) is 0 Å². The van der Waals surface area contributed by atoms with Gasteiger partial charge in [-0.25, -0.2) is 0 Å². The normalized spacial score (nSPS) is 11.6. The maximum absolute atomic E-state index is 5.50. The van der Waals surface area contributed by atoms with Crippen LogP contribution in [-0.2, 0) is 0 Å². The molecule has 0 radical (unpaired) electrons. The van der Waals surface area contributed by atoms with Crippen molar-refractivity contribution in [2.45, 2.75) is 12.8 Å². The van der Waals surface area contributed by atoms with Gasteiger partial charge in [-0.3, -0.25) is 0 Å². The van der Waals surface area contributed by atoms with Crippen molar-refractivity contribution in [3.63, 3.8) is 0 Å². The second-order valence-electron chi connectivity index (χ2n) is 3.93. The third kappa shape index (κ3) is 8.44. The predicted octanol–water partition coefficient (Wildman–Crippen LogP) is -0.452. The highest BCUT2D eigenvalue weighted by atomic mass is 15.2. The van der Waals surface area contributed by atoms with Crippen molar-refractivity contribution < 1.29 is 0 Å². The van der Waals surface area contributed by atoms with Crippen LogP contribution in [0.2, 0.25) is 0 Å². The Morgan fingerprint density at radius 3 is 1.64 bits per heavy atom. The lowest BCUT2D eigenvalue weighted by atomic mass is 10.3. The standard InChI is InChI=1S/C10H26N4/c1-13(2)9-10-14(7-3-5-11)8-4-6-12/h3-12H2,1-2H3. The highest BCUT2D eigenvalue weighted by molar-refractivity contribution is 4.60. The molecule has 0 aromatic carbocycles. The molecule has 0 aliphatic heterocycles. The van der Waals surface area contributed by atoms with E-state index in [4.69, 9.17) is 11.5 Å². The second kappa shape index (κ2) is 9.40. The van der Waals surface area contributed by atoms with Gasteiger partial charge < -0.3 is 21.3 Å². The lowest BCUT2D eigenvalue weighted by molar-refractivity contribution is 0.238. The molecule has 0 unspecified atom stereocenters. The van der Waals surface area contributed by atoms with Crippen LogP contribution in [0.25, 0.3) is 0 Å². The van der Waals surface area contributed by atoms with Crippen LogP contribution in [0.1, 0.15) is 12.8 Å². The zero-order valence-electron chi connectivity index (χ0n) is 9.71. The van der Waals surface area contributed by atoms with Crippen LogP contribution >= 0.6 is 0 Å². The molecule has 0 aromatic heterocycles. The molecule has 0 amide bonds. The first-order valence-electron chi connectivity index (χ1n) is 5.48. The first-order chi connectivity index (χ1) is 6.70. The molecule has 0 saturated heterocycles. The number of nitrogens with zero attached hydrogens (tertiary/aromatic N) is 2. The Morgan fingerprint density at radius 2 is 1.29 bits per heavy atom. The summed E-state index contributed by atoms with van der Waals surface area (Å²) in [4.78, 5) is 4.65. The Balaban J connectivity index is 3.60. The van der Waals surface area contributed by atoms with Gasteiger partial charge in [-0.05, 0) is 53.1 Å². The molecule has 0 rings (SSSR count). The van der Waals surface area contributed by atoms with Crippen LogP contribution in [0.3, 0.4) is 0 Å². The number of rotatable bonds is 9. The third-order valence-electron chi connectivity index (χ3n) is 2.22. The van der Waals surface area contributed by atoms with Crippen molar-refractivity contribution in [1.82, 2.24) is 9.80 Å². The summed E-state index contributed by atoms with van der Waals surface area (Å²) in [5.41, 5.74) is 11.0. The topological polar surface area (TPSA) is 58.5 Å². The van der Waals surface area contributed by atoms with Gasteiger partial charge >= 0.3 is 0 Å². The van der Waals surface area contributed by atoms with E-state index in [2.05, 4.69) is 23.9 Å². The van der Waals surface area contributed by atoms with Crippen LogP contribution in [0, 0.1) is 0 Å². The van der Waals surface area contributed by atoms with Gasteiger partial charge in [0.05, 0.1) is 0 Å². The fourth-order valence-corrected chi connectivity index (χ4v) is 1.31. The van der Waals surface area contributed by atoms with Gasteiger partial charge in [0.15, 0.2) is 0 Å². The summed E-state index contributed by atoms with van der Waals surface area (Å²) in [6, 6.07) is 0. The minimum atomic E-state index is 0.779. The second-order valence-corrected chi connectivity index (χ2v) is 3.93. The molecule has 4 nitrogen and oxygen atoms in total. The Morgan fingerprint density at radius 1 is 0.786 bits per heavy atom. The van der Waals surface area contributed by atoms with Crippen molar-refractivity contribution in [2.75, 3.05) is 53.4 Å². The quantitative estimate of drug-likeness (QED) is 0.531. The lowest BCUT2D eigenvalue weighted by Gasteiger charge is -2.23. The van der Waals surface area contributed by atoms with Crippen LogP contribution < -0.4 is 11.5 Å². The van der Waals surface area contributed by atoms with Crippen molar-refractivity contribution in [3.05, 3.63) is 0 Å². The average Bonchev–Trinajstić information content (AvgIpc) is 2.16. The molecule has 0 aliphatic carbocycles. The Bertz CT molecular complexity index is 109. The molecule has 0 saturated carbocycles. The Hall–Kier alpha value is -0.160. The SMILES string of the molecule is CN(C)CCN(CCCN)CCCN. The number of hydrogen-bond acceptors (Lipinski definition) is 4. The van der Waals surface area contributed by atoms with E-state index in [-0.39, 0.29) is 0 Å². The van der Waals surface area contributed by atoms with E-state index in [1.165, 1.54) is 0 Å². The third-order valence-corrected chi connectivity index (χ3v) is 2.22. The maximum Gasteiger partial charge on any atom is 0.0109 e. The highest BCUT2D eigenvalue weighted by Crippen LogP contribution is 1.93.